The quantitative estimate of drug-likeness (QED) is 0.733. The molecule has 0 aliphatic heterocycles. The number of hydrogen-bond donors (Lipinski definition) is 0. The lowest BCUT2D eigenvalue weighted by Gasteiger charge is -2.24. The molecule has 1 unspecified atom stereocenters. The highest BCUT2D eigenvalue weighted by atomic mass is 16.7. The maximum Gasteiger partial charge on any atom is 0.508 e. The van der Waals surface area contributed by atoms with E-state index in [0.717, 1.165) is 30.4 Å². The zero-order valence-electron chi connectivity index (χ0n) is 9.89. The number of benzene rings is 1. The first-order valence-electron chi connectivity index (χ1n) is 5.81. The number of rotatable bonds is 2. The number of methoxy groups -OCH3 is 1. The summed E-state index contributed by atoms with van der Waals surface area (Å²) in [5.74, 6) is 0. The molecule has 0 saturated heterocycles. The van der Waals surface area contributed by atoms with Crippen molar-refractivity contribution in [3.8, 4) is 0 Å². The van der Waals surface area contributed by atoms with Crippen LogP contribution in [0.4, 0.5) is 4.79 Å². The lowest BCUT2D eigenvalue weighted by Crippen LogP contribution is -2.22. The molecule has 0 bridgehead atoms. The van der Waals surface area contributed by atoms with Crippen molar-refractivity contribution in [1.29, 1.82) is 0 Å². The van der Waals surface area contributed by atoms with Gasteiger partial charge in [0.25, 0.3) is 0 Å². The molecule has 0 N–H and O–H groups in total. The summed E-state index contributed by atoms with van der Waals surface area (Å²) in [7, 11) is 1.33. The average Bonchev–Trinajstić information content (AvgIpc) is 2.40. The Morgan fingerprint density at radius 1 is 1.29 bits per heavy atom. The van der Waals surface area contributed by atoms with Crippen LogP contribution in [0.3, 0.4) is 0 Å². The van der Waals surface area contributed by atoms with Gasteiger partial charge in [0.2, 0.25) is 0 Å². The predicted octanol–water partition coefficient (Wildman–Crippen LogP) is 3.41. The first-order chi connectivity index (χ1) is 8.31. The van der Waals surface area contributed by atoms with Crippen LogP contribution in [0.15, 0.2) is 36.4 Å². The van der Waals surface area contributed by atoms with Crippen molar-refractivity contribution in [1.82, 2.24) is 0 Å². The molecule has 90 valence electrons. The van der Waals surface area contributed by atoms with Gasteiger partial charge in [-0.15, -0.1) is 0 Å². The molecule has 0 radical (unpaired) electrons. The van der Waals surface area contributed by atoms with E-state index in [1.165, 1.54) is 7.11 Å². The van der Waals surface area contributed by atoms with Crippen LogP contribution in [0.5, 0.6) is 0 Å². The van der Waals surface area contributed by atoms with Crippen molar-refractivity contribution in [2.45, 2.75) is 25.4 Å². The summed E-state index contributed by atoms with van der Waals surface area (Å²) < 4.78 is 9.83. The average molecular weight is 232 g/mol. The molecule has 0 saturated carbocycles. The Morgan fingerprint density at radius 2 is 2.06 bits per heavy atom. The number of hydrogen-bond acceptors (Lipinski definition) is 3. The van der Waals surface area contributed by atoms with Crippen LogP contribution in [0.1, 0.15) is 24.8 Å². The normalized spacial score (nSPS) is 19.4. The standard InChI is InChI=1S/C14H16O3/c1-16-14(15)17-13-10-6-5-9-12(13)11-7-3-2-4-8-11/h2-4,7-9,13H,5-6,10H2,1H3. The van der Waals surface area contributed by atoms with Crippen LogP contribution in [0.2, 0.25) is 0 Å². The monoisotopic (exact) mass is 232 g/mol. The zero-order valence-corrected chi connectivity index (χ0v) is 9.89. The van der Waals surface area contributed by atoms with E-state index in [9.17, 15) is 4.79 Å². The van der Waals surface area contributed by atoms with Gasteiger partial charge in [-0.2, -0.15) is 0 Å². The Balaban J connectivity index is 2.18. The molecule has 1 aliphatic carbocycles. The van der Waals surface area contributed by atoms with Crippen LogP contribution in [-0.4, -0.2) is 19.4 Å². The van der Waals surface area contributed by atoms with Crippen molar-refractivity contribution in [2.75, 3.05) is 7.11 Å². The van der Waals surface area contributed by atoms with Gasteiger partial charge in [-0.1, -0.05) is 36.4 Å². The van der Waals surface area contributed by atoms with Gasteiger partial charge in [-0.05, 0) is 30.4 Å². The molecular weight excluding hydrogens is 216 g/mol. The van der Waals surface area contributed by atoms with Crippen LogP contribution in [-0.2, 0) is 9.47 Å². The molecule has 3 nitrogen and oxygen atoms in total. The van der Waals surface area contributed by atoms with E-state index >= 15 is 0 Å². The molecule has 0 spiro atoms. The van der Waals surface area contributed by atoms with E-state index in [1.807, 2.05) is 30.3 Å². The van der Waals surface area contributed by atoms with Gasteiger partial charge in [-0.25, -0.2) is 4.79 Å². The van der Waals surface area contributed by atoms with E-state index in [4.69, 9.17) is 4.74 Å². The maximum atomic E-state index is 11.2. The van der Waals surface area contributed by atoms with Gasteiger partial charge in [0.15, 0.2) is 0 Å². The first kappa shape index (κ1) is 11.7. The largest absolute Gasteiger partial charge is 0.508 e. The molecule has 0 amide bonds. The lowest BCUT2D eigenvalue weighted by atomic mass is 9.91. The van der Waals surface area contributed by atoms with E-state index in [0.29, 0.717) is 0 Å². The summed E-state index contributed by atoms with van der Waals surface area (Å²) in [6, 6.07) is 10.0. The van der Waals surface area contributed by atoms with Gasteiger partial charge < -0.3 is 9.47 Å². The Labute approximate surface area is 101 Å². The van der Waals surface area contributed by atoms with Gasteiger partial charge in [0.05, 0.1) is 7.11 Å². The minimum atomic E-state index is -0.612. The van der Waals surface area contributed by atoms with Crippen LogP contribution < -0.4 is 0 Å². The maximum absolute atomic E-state index is 11.2. The summed E-state index contributed by atoms with van der Waals surface area (Å²) in [5, 5.41) is 0. The molecule has 2 rings (SSSR count). The summed E-state index contributed by atoms with van der Waals surface area (Å²) in [5.41, 5.74) is 2.20. The minimum absolute atomic E-state index is 0.182. The lowest BCUT2D eigenvalue weighted by molar-refractivity contribution is 0.0514. The number of allylic oxidation sites excluding steroid dienone is 1. The summed E-state index contributed by atoms with van der Waals surface area (Å²) in [6.07, 6.45) is 4.28. The second-order valence-corrected chi connectivity index (χ2v) is 4.02. The highest BCUT2D eigenvalue weighted by Gasteiger charge is 2.23. The molecule has 3 heteroatoms. The van der Waals surface area contributed by atoms with Gasteiger partial charge in [-0.3, -0.25) is 0 Å². The number of carbonyl (C=O) groups excluding carboxylic acids is 1. The molecule has 17 heavy (non-hydrogen) atoms. The van der Waals surface area contributed by atoms with Crippen molar-refractivity contribution in [3.63, 3.8) is 0 Å². The fourth-order valence-corrected chi connectivity index (χ4v) is 2.07. The molecule has 1 aromatic carbocycles. The van der Waals surface area contributed by atoms with E-state index in [1.54, 1.807) is 0 Å². The molecule has 1 aromatic rings. The third-order valence-corrected chi connectivity index (χ3v) is 2.89. The van der Waals surface area contributed by atoms with Crippen molar-refractivity contribution in [2.24, 2.45) is 0 Å². The Bertz CT molecular complexity index is 409. The second-order valence-electron chi connectivity index (χ2n) is 4.02. The van der Waals surface area contributed by atoms with Crippen molar-refractivity contribution >= 4 is 11.7 Å². The number of ether oxygens (including phenoxy) is 2. The SMILES string of the molecule is COC(=O)OC1CCCC=C1c1ccccc1. The Hall–Kier alpha value is -1.77. The number of carbonyl (C=O) groups is 1. The molecule has 0 heterocycles. The molecule has 0 fully saturated rings. The topological polar surface area (TPSA) is 35.5 Å². The summed E-state index contributed by atoms with van der Waals surface area (Å²) in [6.45, 7) is 0. The Morgan fingerprint density at radius 3 is 2.76 bits per heavy atom. The van der Waals surface area contributed by atoms with E-state index in [2.05, 4.69) is 10.8 Å². The van der Waals surface area contributed by atoms with Gasteiger partial charge >= 0.3 is 6.16 Å². The van der Waals surface area contributed by atoms with Gasteiger partial charge in [0, 0.05) is 0 Å². The van der Waals surface area contributed by atoms with E-state index < -0.39 is 6.16 Å². The third kappa shape index (κ3) is 2.87. The summed E-state index contributed by atoms with van der Waals surface area (Å²) >= 11 is 0. The fourth-order valence-electron chi connectivity index (χ4n) is 2.07. The third-order valence-electron chi connectivity index (χ3n) is 2.89. The van der Waals surface area contributed by atoms with Crippen LogP contribution >= 0.6 is 0 Å². The van der Waals surface area contributed by atoms with Crippen LogP contribution in [0.25, 0.3) is 5.57 Å². The smallest absolute Gasteiger partial charge is 0.438 e. The van der Waals surface area contributed by atoms with Crippen molar-refractivity contribution in [3.05, 3.63) is 42.0 Å². The minimum Gasteiger partial charge on any atom is -0.438 e. The van der Waals surface area contributed by atoms with Gasteiger partial charge in [0.1, 0.15) is 6.10 Å². The highest BCUT2D eigenvalue weighted by molar-refractivity contribution is 5.72. The summed E-state index contributed by atoms with van der Waals surface area (Å²) in [4.78, 5) is 11.2. The van der Waals surface area contributed by atoms with E-state index in [-0.39, 0.29) is 6.10 Å². The molecule has 1 aliphatic rings. The predicted molar refractivity (Wildman–Crippen MR) is 65.5 cm³/mol. The van der Waals surface area contributed by atoms with Crippen LogP contribution in [0, 0.1) is 0 Å². The second kappa shape index (κ2) is 5.53. The molecule has 0 aromatic heterocycles. The molecular formula is C14H16O3. The highest BCUT2D eigenvalue weighted by Crippen LogP contribution is 2.29. The zero-order chi connectivity index (χ0) is 12.1. The molecule has 1 atom stereocenters. The first-order valence-corrected chi connectivity index (χ1v) is 5.81. The van der Waals surface area contributed by atoms with Crippen molar-refractivity contribution < 1.29 is 14.3 Å². The Kier molecular flexibility index (Phi) is 3.81. The fraction of sp³-hybridized carbons (Fsp3) is 0.357.